The van der Waals surface area contributed by atoms with Gasteiger partial charge in [-0.05, 0) is 41.8 Å². The van der Waals surface area contributed by atoms with Gasteiger partial charge in [-0.1, -0.05) is 28.1 Å². The molecule has 0 saturated heterocycles. The van der Waals surface area contributed by atoms with E-state index >= 15 is 0 Å². The number of carbonyl (C=O) groups excluding carboxylic acids is 1. The van der Waals surface area contributed by atoms with Crippen LogP contribution >= 0.6 is 15.9 Å². The van der Waals surface area contributed by atoms with Crippen molar-refractivity contribution in [1.29, 1.82) is 0 Å². The molecule has 0 saturated carbocycles. The Kier molecular flexibility index (Phi) is 4.98. The highest BCUT2D eigenvalue weighted by atomic mass is 79.9. The molecular formula is C16H15BrO4. The quantitative estimate of drug-likeness (QED) is 0.831. The Bertz CT molecular complexity index is 667. The molecule has 0 aliphatic rings. The molecule has 0 aromatic heterocycles. The Morgan fingerprint density at radius 3 is 2.62 bits per heavy atom. The average molecular weight is 351 g/mol. The number of rotatable bonds is 4. The van der Waals surface area contributed by atoms with Crippen molar-refractivity contribution in [1.82, 2.24) is 0 Å². The number of hydrogen-bond donors (Lipinski definition) is 2. The molecule has 0 bridgehead atoms. The van der Waals surface area contributed by atoms with E-state index in [1.807, 2.05) is 18.2 Å². The van der Waals surface area contributed by atoms with Gasteiger partial charge < -0.3 is 14.9 Å². The number of phenols is 1. The van der Waals surface area contributed by atoms with Crippen LogP contribution in [-0.2, 0) is 11.2 Å². The molecule has 2 aromatic rings. The Morgan fingerprint density at radius 2 is 2.00 bits per heavy atom. The van der Waals surface area contributed by atoms with Gasteiger partial charge in [-0.15, -0.1) is 0 Å². The van der Waals surface area contributed by atoms with Gasteiger partial charge in [0.05, 0.1) is 12.7 Å². The lowest BCUT2D eigenvalue weighted by Gasteiger charge is -2.13. The van der Waals surface area contributed by atoms with E-state index in [2.05, 4.69) is 20.7 Å². The molecule has 2 aromatic carbocycles. The minimum absolute atomic E-state index is 0.00445. The SMILES string of the molecule is COC(=O)c1ccc(-c2cccc(Br)c2CCO)c(O)c1. The summed E-state index contributed by atoms with van der Waals surface area (Å²) in [4.78, 5) is 11.5. The van der Waals surface area contributed by atoms with E-state index in [4.69, 9.17) is 0 Å². The smallest absolute Gasteiger partial charge is 0.337 e. The number of aliphatic hydroxyl groups excluding tert-OH is 1. The van der Waals surface area contributed by atoms with Crippen molar-refractivity contribution in [3.63, 3.8) is 0 Å². The average Bonchev–Trinajstić information content (AvgIpc) is 2.49. The third-order valence-corrected chi connectivity index (χ3v) is 3.93. The molecule has 0 aliphatic heterocycles. The van der Waals surface area contributed by atoms with Crippen LogP contribution in [0, 0.1) is 0 Å². The normalized spacial score (nSPS) is 10.4. The fourth-order valence-electron chi connectivity index (χ4n) is 2.18. The minimum Gasteiger partial charge on any atom is -0.507 e. The van der Waals surface area contributed by atoms with Gasteiger partial charge in [-0.3, -0.25) is 0 Å². The van der Waals surface area contributed by atoms with E-state index < -0.39 is 5.97 Å². The molecule has 0 amide bonds. The van der Waals surface area contributed by atoms with E-state index in [0.29, 0.717) is 12.0 Å². The standard InChI is InChI=1S/C16H15BrO4/c1-21-16(20)10-5-6-13(15(19)9-10)11-3-2-4-14(17)12(11)7-8-18/h2-6,9,18-19H,7-8H2,1H3. The second kappa shape index (κ2) is 6.74. The summed E-state index contributed by atoms with van der Waals surface area (Å²) in [6, 6.07) is 10.3. The number of benzene rings is 2. The third-order valence-electron chi connectivity index (χ3n) is 3.19. The lowest BCUT2D eigenvalue weighted by Crippen LogP contribution is -2.01. The number of esters is 1. The summed E-state index contributed by atoms with van der Waals surface area (Å²) in [6.45, 7) is 0.0105. The summed E-state index contributed by atoms with van der Waals surface area (Å²) in [7, 11) is 1.29. The second-order valence-electron chi connectivity index (χ2n) is 4.46. The molecule has 0 heterocycles. The minimum atomic E-state index is -0.498. The van der Waals surface area contributed by atoms with Gasteiger partial charge in [0.1, 0.15) is 5.75 Å². The first kappa shape index (κ1) is 15.5. The van der Waals surface area contributed by atoms with Crippen LogP contribution in [0.4, 0.5) is 0 Å². The van der Waals surface area contributed by atoms with Crippen LogP contribution in [-0.4, -0.2) is 29.9 Å². The molecule has 0 fully saturated rings. The van der Waals surface area contributed by atoms with Crippen LogP contribution in [0.2, 0.25) is 0 Å². The highest BCUT2D eigenvalue weighted by molar-refractivity contribution is 9.10. The Morgan fingerprint density at radius 1 is 1.24 bits per heavy atom. The first-order valence-corrected chi connectivity index (χ1v) is 7.17. The van der Waals surface area contributed by atoms with Crippen LogP contribution in [0.25, 0.3) is 11.1 Å². The van der Waals surface area contributed by atoms with E-state index in [0.717, 1.165) is 15.6 Å². The lowest BCUT2D eigenvalue weighted by atomic mass is 9.96. The summed E-state index contributed by atoms with van der Waals surface area (Å²) >= 11 is 3.45. The number of phenolic OH excluding ortho intramolecular Hbond substituents is 1. The van der Waals surface area contributed by atoms with Crippen LogP contribution in [0.5, 0.6) is 5.75 Å². The third kappa shape index (κ3) is 3.25. The summed E-state index contributed by atoms with van der Waals surface area (Å²) in [6.07, 6.45) is 0.467. The Hall–Kier alpha value is -1.85. The monoisotopic (exact) mass is 350 g/mol. The number of carbonyl (C=O) groups is 1. The number of methoxy groups -OCH3 is 1. The van der Waals surface area contributed by atoms with Gasteiger partial charge in [0.25, 0.3) is 0 Å². The maximum atomic E-state index is 11.5. The number of ether oxygens (including phenoxy) is 1. The van der Waals surface area contributed by atoms with Gasteiger partial charge >= 0.3 is 5.97 Å². The van der Waals surface area contributed by atoms with Crippen LogP contribution in [0.15, 0.2) is 40.9 Å². The molecule has 2 N–H and O–H groups in total. The zero-order valence-corrected chi connectivity index (χ0v) is 13.1. The number of hydrogen-bond acceptors (Lipinski definition) is 4. The summed E-state index contributed by atoms with van der Waals surface area (Å²) < 4.78 is 5.49. The first-order chi connectivity index (χ1) is 10.1. The van der Waals surface area contributed by atoms with Crippen molar-refractivity contribution >= 4 is 21.9 Å². The van der Waals surface area contributed by atoms with Crippen LogP contribution in [0.3, 0.4) is 0 Å². The first-order valence-electron chi connectivity index (χ1n) is 6.38. The zero-order chi connectivity index (χ0) is 15.4. The van der Waals surface area contributed by atoms with E-state index in [1.165, 1.54) is 13.2 Å². The maximum absolute atomic E-state index is 11.5. The molecule has 21 heavy (non-hydrogen) atoms. The topological polar surface area (TPSA) is 66.8 Å². The number of aliphatic hydroxyl groups is 1. The second-order valence-corrected chi connectivity index (χ2v) is 5.32. The van der Waals surface area contributed by atoms with Crippen molar-refractivity contribution in [2.45, 2.75) is 6.42 Å². The fraction of sp³-hybridized carbons (Fsp3) is 0.188. The van der Waals surface area contributed by atoms with Crippen molar-refractivity contribution in [2.24, 2.45) is 0 Å². The molecule has 0 aliphatic carbocycles. The molecule has 4 nitrogen and oxygen atoms in total. The molecule has 2 rings (SSSR count). The lowest BCUT2D eigenvalue weighted by molar-refractivity contribution is 0.0600. The number of halogens is 1. The summed E-state index contributed by atoms with van der Waals surface area (Å²) in [5, 5.41) is 19.4. The van der Waals surface area contributed by atoms with E-state index in [-0.39, 0.29) is 17.9 Å². The number of aromatic hydroxyl groups is 1. The van der Waals surface area contributed by atoms with E-state index in [9.17, 15) is 15.0 Å². The molecule has 0 unspecified atom stereocenters. The van der Waals surface area contributed by atoms with E-state index in [1.54, 1.807) is 12.1 Å². The highest BCUT2D eigenvalue weighted by Gasteiger charge is 2.14. The van der Waals surface area contributed by atoms with Gasteiger partial charge in [0.2, 0.25) is 0 Å². The zero-order valence-electron chi connectivity index (χ0n) is 11.5. The highest BCUT2D eigenvalue weighted by Crippen LogP contribution is 2.35. The molecular weight excluding hydrogens is 336 g/mol. The summed E-state index contributed by atoms with van der Waals surface area (Å²) in [5.74, 6) is -0.503. The maximum Gasteiger partial charge on any atom is 0.337 e. The predicted octanol–water partition coefficient (Wildman–Crippen LogP) is 3.14. The molecule has 0 spiro atoms. The van der Waals surface area contributed by atoms with Gasteiger partial charge in [-0.25, -0.2) is 4.79 Å². The van der Waals surface area contributed by atoms with Crippen molar-refractivity contribution in [2.75, 3.05) is 13.7 Å². The Balaban J connectivity index is 2.52. The van der Waals surface area contributed by atoms with Crippen molar-refractivity contribution < 1.29 is 19.7 Å². The molecule has 0 atom stereocenters. The van der Waals surface area contributed by atoms with Crippen molar-refractivity contribution in [3.8, 4) is 16.9 Å². The Labute approximate surface area is 131 Å². The van der Waals surface area contributed by atoms with Gasteiger partial charge in [0.15, 0.2) is 0 Å². The molecule has 0 radical (unpaired) electrons. The van der Waals surface area contributed by atoms with Crippen LogP contribution < -0.4 is 0 Å². The summed E-state index contributed by atoms with van der Waals surface area (Å²) in [5.41, 5.74) is 2.61. The predicted molar refractivity (Wildman–Crippen MR) is 83.4 cm³/mol. The van der Waals surface area contributed by atoms with Gasteiger partial charge in [0, 0.05) is 16.6 Å². The fourth-order valence-corrected chi connectivity index (χ4v) is 2.75. The largest absolute Gasteiger partial charge is 0.507 e. The molecule has 110 valence electrons. The van der Waals surface area contributed by atoms with Gasteiger partial charge in [-0.2, -0.15) is 0 Å². The van der Waals surface area contributed by atoms with Crippen LogP contribution in [0.1, 0.15) is 15.9 Å². The molecule has 5 heteroatoms. The van der Waals surface area contributed by atoms with Crippen molar-refractivity contribution in [3.05, 3.63) is 52.0 Å².